The fourth-order valence-electron chi connectivity index (χ4n) is 1.55. The first kappa shape index (κ1) is 19.1. The number of ketones is 1. The minimum atomic E-state index is -3.58. The number of Topliss-reactive ketones (excluding diaryl/α,β-unsaturated/α-hetero) is 1. The van der Waals surface area contributed by atoms with E-state index in [0.29, 0.717) is 18.4 Å². The topological polar surface area (TPSA) is 89.3 Å². The number of benzene rings is 1. The van der Waals surface area contributed by atoms with Crippen molar-refractivity contribution in [2.75, 3.05) is 6.54 Å². The predicted octanol–water partition coefficient (Wildman–Crippen LogP) is 1.72. The second-order valence-corrected chi connectivity index (χ2v) is 6.24. The number of nitrogens with two attached hydrogens (primary N) is 1. The van der Waals surface area contributed by atoms with Crippen molar-refractivity contribution in [2.24, 2.45) is 5.73 Å². The van der Waals surface area contributed by atoms with Gasteiger partial charge in [0.15, 0.2) is 5.78 Å². The van der Waals surface area contributed by atoms with Crippen LogP contribution >= 0.6 is 12.4 Å². The van der Waals surface area contributed by atoms with Crippen molar-refractivity contribution in [3.63, 3.8) is 0 Å². The van der Waals surface area contributed by atoms with Crippen LogP contribution in [0.3, 0.4) is 0 Å². The van der Waals surface area contributed by atoms with E-state index in [1.165, 1.54) is 12.1 Å². The number of halogens is 1. The van der Waals surface area contributed by atoms with Crippen LogP contribution < -0.4 is 10.5 Å². The third kappa shape index (κ3) is 5.58. The van der Waals surface area contributed by atoms with Crippen LogP contribution in [0, 0.1) is 0 Å². The van der Waals surface area contributed by atoms with E-state index in [2.05, 4.69) is 4.72 Å². The summed E-state index contributed by atoms with van der Waals surface area (Å²) in [6.45, 7) is 3.84. The van der Waals surface area contributed by atoms with Gasteiger partial charge in [-0.25, -0.2) is 13.1 Å². The van der Waals surface area contributed by atoms with E-state index < -0.39 is 10.0 Å². The highest BCUT2D eigenvalue weighted by atomic mass is 35.5. The lowest BCUT2D eigenvalue weighted by atomic mass is 10.1. The van der Waals surface area contributed by atoms with Gasteiger partial charge in [0.25, 0.3) is 0 Å². The number of rotatable bonds is 7. The van der Waals surface area contributed by atoms with Crippen LogP contribution in [-0.2, 0) is 10.0 Å². The molecule has 1 aromatic carbocycles. The molecule has 1 unspecified atom stereocenters. The lowest BCUT2D eigenvalue weighted by molar-refractivity contribution is 0.0988. The van der Waals surface area contributed by atoms with E-state index in [1.54, 1.807) is 19.1 Å². The quantitative estimate of drug-likeness (QED) is 0.748. The van der Waals surface area contributed by atoms with Gasteiger partial charge in [-0.2, -0.15) is 0 Å². The molecule has 0 aromatic heterocycles. The molecule has 0 bridgehead atoms. The molecule has 0 heterocycles. The maximum atomic E-state index is 12.0. The van der Waals surface area contributed by atoms with Crippen molar-refractivity contribution in [1.82, 2.24) is 4.72 Å². The van der Waals surface area contributed by atoms with Crippen molar-refractivity contribution in [3.8, 4) is 0 Å². The molecule has 114 valence electrons. The molecule has 5 nitrogen and oxygen atoms in total. The van der Waals surface area contributed by atoms with Gasteiger partial charge in [-0.05, 0) is 25.5 Å². The largest absolute Gasteiger partial charge is 0.328 e. The smallest absolute Gasteiger partial charge is 0.240 e. The number of sulfonamides is 1. The number of nitrogens with one attached hydrogen (secondary N) is 1. The van der Waals surface area contributed by atoms with Crippen LogP contribution in [-0.4, -0.2) is 26.8 Å². The van der Waals surface area contributed by atoms with Crippen molar-refractivity contribution in [3.05, 3.63) is 29.8 Å². The van der Waals surface area contributed by atoms with E-state index in [9.17, 15) is 13.2 Å². The van der Waals surface area contributed by atoms with Crippen molar-refractivity contribution < 1.29 is 13.2 Å². The molecule has 1 rings (SSSR count). The van der Waals surface area contributed by atoms with Crippen molar-refractivity contribution in [2.45, 2.75) is 37.6 Å². The molecule has 0 spiro atoms. The number of carbonyl (C=O) groups is 1. The third-order valence-electron chi connectivity index (χ3n) is 2.68. The van der Waals surface area contributed by atoms with Gasteiger partial charge >= 0.3 is 0 Å². The average Bonchev–Trinajstić information content (AvgIpc) is 2.37. The van der Waals surface area contributed by atoms with Gasteiger partial charge in [-0.15, -0.1) is 12.4 Å². The molecular formula is C13H21ClN2O3S. The summed E-state index contributed by atoms with van der Waals surface area (Å²) < 4.78 is 26.5. The molecule has 0 aliphatic carbocycles. The molecule has 3 N–H and O–H groups in total. The lowest BCUT2D eigenvalue weighted by Gasteiger charge is -2.09. The zero-order chi connectivity index (χ0) is 14.5. The maximum Gasteiger partial charge on any atom is 0.240 e. The SMILES string of the molecule is CCC(=O)c1cccc(S(=O)(=O)NCCC(C)N)c1.Cl. The summed E-state index contributed by atoms with van der Waals surface area (Å²) in [5, 5.41) is 0. The molecule has 1 aromatic rings. The number of hydrogen-bond donors (Lipinski definition) is 2. The van der Waals surface area contributed by atoms with Gasteiger partial charge in [0.1, 0.15) is 0 Å². The van der Waals surface area contributed by atoms with Crippen LogP contribution in [0.5, 0.6) is 0 Å². The molecule has 0 aliphatic rings. The highest BCUT2D eigenvalue weighted by molar-refractivity contribution is 7.89. The molecular weight excluding hydrogens is 300 g/mol. The Morgan fingerprint density at radius 2 is 2.05 bits per heavy atom. The molecule has 0 saturated heterocycles. The fraction of sp³-hybridized carbons (Fsp3) is 0.462. The van der Waals surface area contributed by atoms with Gasteiger partial charge in [-0.1, -0.05) is 19.1 Å². The second-order valence-electron chi connectivity index (χ2n) is 4.47. The molecule has 0 fully saturated rings. The lowest BCUT2D eigenvalue weighted by Crippen LogP contribution is -2.29. The third-order valence-corrected chi connectivity index (χ3v) is 4.14. The Hall–Kier alpha value is -0.950. The van der Waals surface area contributed by atoms with Gasteiger partial charge in [-0.3, -0.25) is 4.79 Å². The summed E-state index contributed by atoms with van der Waals surface area (Å²) in [6, 6.07) is 6.01. The van der Waals surface area contributed by atoms with E-state index in [0.717, 1.165) is 0 Å². The summed E-state index contributed by atoms with van der Waals surface area (Å²) >= 11 is 0. The highest BCUT2D eigenvalue weighted by Gasteiger charge is 2.15. The maximum absolute atomic E-state index is 12.0. The van der Waals surface area contributed by atoms with Crippen molar-refractivity contribution in [1.29, 1.82) is 0 Å². The Kier molecular flexibility index (Phi) is 7.96. The monoisotopic (exact) mass is 320 g/mol. The van der Waals surface area contributed by atoms with Crippen molar-refractivity contribution >= 4 is 28.2 Å². The minimum Gasteiger partial charge on any atom is -0.328 e. The van der Waals surface area contributed by atoms with Crippen LogP contribution in [0.1, 0.15) is 37.0 Å². The van der Waals surface area contributed by atoms with Crippen LogP contribution in [0.2, 0.25) is 0 Å². The Morgan fingerprint density at radius 3 is 2.60 bits per heavy atom. The molecule has 7 heteroatoms. The summed E-state index contributed by atoms with van der Waals surface area (Å²) in [4.78, 5) is 11.7. The van der Waals surface area contributed by atoms with Gasteiger partial charge < -0.3 is 5.73 Å². The first-order chi connectivity index (χ1) is 8.86. The van der Waals surface area contributed by atoms with Crippen LogP contribution in [0.15, 0.2) is 29.2 Å². The first-order valence-corrected chi connectivity index (χ1v) is 7.73. The summed E-state index contributed by atoms with van der Waals surface area (Å²) in [5.74, 6) is -0.0763. The van der Waals surface area contributed by atoms with Gasteiger partial charge in [0, 0.05) is 24.6 Å². The summed E-state index contributed by atoms with van der Waals surface area (Å²) in [7, 11) is -3.58. The normalized spacial score (nSPS) is 12.6. The molecule has 0 aliphatic heterocycles. The van der Waals surface area contributed by atoms with Crippen LogP contribution in [0.25, 0.3) is 0 Å². The second kappa shape index (κ2) is 8.36. The first-order valence-electron chi connectivity index (χ1n) is 6.25. The van der Waals surface area contributed by atoms with Gasteiger partial charge in [0.2, 0.25) is 10.0 Å². The Balaban J connectivity index is 0.00000361. The number of hydrogen-bond acceptors (Lipinski definition) is 4. The Labute approximate surface area is 126 Å². The average molecular weight is 321 g/mol. The molecule has 0 amide bonds. The standard InChI is InChI=1S/C13H20N2O3S.ClH/c1-3-13(16)11-5-4-6-12(9-11)19(17,18)15-8-7-10(2)14;/h4-6,9-10,15H,3,7-8,14H2,1-2H3;1H. The zero-order valence-electron chi connectivity index (χ0n) is 11.6. The zero-order valence-corrected chi connectivity index (χ0v) is 13.3. The Bertz CT molecular complexity index is 544. The van der Waals surface area contributed by atoms with Crippen LogP contribution in [0.4, 0.5) is 0 Å². The van der Waals surface area contributed by atoms with E-state index in [-0.39, 0.29) is 35.7 Å². The van der Waals surface area contributed by atoms with E-state index in [1.807, 2.05) is 6.92 Å². The Morgan fingerprint density at radius 1 is 1.40 bits per heavy atom. The summed E-state index contributed by atoms with van der Waals surface area (Å²) in [6.07, 6.45) is 0.911. The van der Waals surface area contributed by atoms with E-state index in [4.69, 9.17) is 5.73 Å². The molecule has 0 radical (unpaired) electrons. The minimum absolute atomic E-state index is 0. The fourth-order valence-corrected chi connectivity index (χ4v) is 2.64. The summed E-state index contributed by atoms with van der Waals surface area (Å²) in [5.41, 5.74) is 5.98. The number of carbonyl (C=O) groups excluding carboxylic acids is 1. The highest BCUT2D eigenvalue weighted by Crippen LogP contribution is 2.13. The molecule has 1 atom stereocenters. The van der Waals surface area contributed by atoms with E-state index >= 15 is 0 Å². The molecule has 20 heavy (non-hydrogen) atoms. The molecule has 0 saturated carbocycles. The van der Waals surface area contributed by atoms with Gasteiger partial charge in [0.05, 0.1) is 4.90 Å². The predicted molar refractivity (Wildman–Crippen MR) is 81.8 cm³/mol.